The molecule has 0 spiro atoms. The van der Waals surface area contributed by atoms with Crippen LogP contribution in [0.15, 0.2) is 12.1 Å². The van der Waals surface area contributed by atoms with Gasteiger partial charge in [0.05, 0.1) is 33.9 Å². The lowest BCUT2D eigenvalue weighted by atomic mass is 9.98. The molecule has 7 nitrogen and oxygen atoms in total. The molecule has 0 aromatic heterocycles. The Morgan fingerprint density at radius 3 is 2.39 bits per heavy atom. The normalized spacial score (nSPS) is 15.9. The molecule has 1 heterocycles. The van der Waals surface area contributed by atoms with Crippen LogP contribution < -0.4 is 9.47 Å². The van der Waals surface area contributed by atoms with Gasteiger partial charge >= 0.3 is 5.97 Å². The fourth-order valence-corrected chi connectivity index (χ4v) is 3.63. The Hall–Kier alpha value is -2.28. The smallest absolute Gasteiger partial charge is 0.320 e. The van der Waals surface area contributed by atoms with Gasteiger partial charge in [0.25, 0.3) is 0 Å². The number of rotatable bonds is 9. The molecule has 2 aliphatic rings. The van der Waals surface area contributed by atoms with Gasteiger partial charge in [0, 0.05) is 19.6 Å². The van der Waals surface area contributed by atoms with Crippen LogP contribution in [0.2, 0.25) is 0 Å². The molecule has 0 saturated heterocycles. The molecule has 0 bridgehead atoms. The molecule has 3 rings (SSSR count). The van der Waals surface area contributed by atoms with E-state index in [2.05, 4.69) is 0 Å². The lowest BCUT2D eigenvalue weighted by Gasteiger charge is -2.31. The van der Waals surface area contributed by atoms with E-state index in [1.54, 1.807) is 21.1 Å². The molecule has 154 valence electrons. The van der Waals surface area contributed by atoms with E-state index in [0.717, 1.165) is 18.5 Å². The number of nitrogens with zero attached hydrogens (tertiary/aromatic N) is 2. The van der Waals surface area contributed by atoms with E-state index in [0.29, 0.717) is 37.1 Å². The van der Waals surface area contributed by atoms with Gasteiger partial charge in [-0.3, -0.25) is 14.5 Å². The van der Waals surface area contributed by atoms with Crippen molar-refractivity contribution in [3.8, 4) is 11.5 Å². The highest BCUT2D eigenvalue weighted by atomic mass is 16.5. The molecule has 1 aromatic rings. The summed E-state index contributed by atoms with van der Waals surface area (Å²) in [4.78, 5) is 28.6. The molecular formula is C21H30N2O5. The first-order valence-electron chi connectivity index (χ1n) is 9.93. The number of ether oxygens (including phenoxy) is 3. The second-order valence-corrected chi connectivity index (χ2v) is 7.46. The van der Waals surface area contributed by atoms with Crippen molar-refractivity contribution in [2.45, 2.75) is 32.7 Å². The molecule has 1 aliphatic carbocycles. The monoisotopic (exact) mass is 390 g/mol. The first-order valence-corrected chi connectivity index (χ1v) is 9.93. The first kappa shape index (κ1) is 20.5. The lowest BCUT2D eigenvalue weighted by Crippen LogP contribution is -2.44. The summed E-state index contributed by atoms with van der Waals surface area (Å²) in [5.74, 6) is 1.77. The minimum absolute atomic E-state index is 0.0467. The number of methoxy groups -OCH3 is 2. The van der Waals surface area contributed by atoms with E-state index in [-0.39, 0.29) is 25.0 Å². The van der Waals surface area contributed by atoms with Crippen LogP contribution in [0.4, 0.5) is 0 Å². The van der Waals surface area contributed by atoms with Crippen LogP contribution in [0.3, 0.4) is 0 Å². The number of amides is 1. The summed E-state index contributed by atoms with van der Waals surface area (Å²) in [6.07, 6.45) is 3.13. The number of carbonyl (C=O) groups is 2. The Kier molecular flexibility index (Phi) is 6.78. The standard InChI is InChI=1S/C21H30N2O5/c1-4-28-21(25)14-22(11-15-5-6-15)13-20(24)23-8-7-16-9-18(26-2)19(27-3)10-17(16)12-23/h9-10,15H,4-8,11-14H2,1-3H3. The van der Waals surface area contributed by atoms with Gasteiger partial charge in [0.2, 0.25) is 5.91 Å². The quantitative estimate of drug-likeness (QED) is 0.600. The highest BCUT2D eigenvalue weighted by molar-refractivity contribution is 5.80. The van der Waals surface area contributed by atoms with Gasteiger partial charge in [-0.25, -0.2) is 0 Å². The first-order chi connectivity index (χ1) is 13.5. The fourth-order valence-electron chi connectivity index (χ4n) is 3.63. The van der Waals surface area contributed by atoms with Crippen molar-refractivity contribution in [2.75, 3.05) is 47.0 Å². The molecule has 28 heavy (non-hydrogen) atoms. The SMILES string of the molecule is CCOC(=O)CN(CC(=O)N1CCc2cc(OC)c(OC)cc2C1)CC1CC1. The van der Waals surface area contributed by atoms with Gasteiger partial charge in [-0.1, -0.05) is 0 Å². The van der Waals surface area contributed by atoms with Gasteiger partial charge in [-0.2, -0.15) is 0 Å². The van der Waals surface area contributed by atoms with Crippen molar-refractivity contribution in [3.63, 3.8) is 0 Å². The van der Waals surface area contributed by atoms with E-state index >= 15 is 0 Å². The van der Waals surface area contributed by atoms with Crippen molar-refractivity contribution in [1.82, 2.24) is 9.80 Å². The fraction of sp³-hybridized carbons (Fsp3) is 0.619. The second kappa shape index (κ2) is 9.28. The Bertz CT molecular complexity index is 717. The van der Waals surface area contributed by atoms with E-state index < -0.39 is 0 Å². The number of benzene rings is 1. The van der Waals surface area contributed by atoms with Gasteiger partial charge in [0.15, 0.2) is 11.5 Å². The van der Waals surface area contributed by atoms with Gasteiger partial charge < -0.3 is 19.1 Å². The minimum atomic E-state index is -0.267. The summed E-state index contributed by atoms with van der Waals surface area (Å²) in [6, 6.07) is 3.95. The average molecular weight is 390 g/mol. The zero-order valence-electron chi connectivity index (χ0n) is 17.0. The summed E-state index contributed by atoms with van der Waals surface area (Å²) in [5, 5.41) is 0. The topological polar surface area (TPSA) is 68.3 Å². The van der Waals surface area contributed by atoms with Crippen molar-refractivity contribution >= 4 is 11.9 Å². The zero-order valence-corrected chi connectivity index (χ0v) is 17.0. The molecule has 7 heteroatoms. The Morgan fingerprint density at radius 2 is 1.79 bits per heavy atom. The molecule has 1 aromatic carbocycles. The largest absolute Gasteiger partial charge is 0.493 e. The molecule has 0 atom stereocenters. The third kappa shape index (κ3) is 5.16. The summed E-state index contributed by atoms with van der Waals surface area (Å²) in [6.45, 7) is 4.56. The molecule has 1 saturated carbocycles. The average Bonchev–Trinajstić information content (AvgIpc) is 3.50. The van der Waals surface area contributed by atoms with Crippen molar-refractivity contribution < 1.29 is 23.8 Å². The Morgan fingerprint density at radius 1 is 1.11 bits per heavy atom. The maximum absolute atomic E-state index is 12.9. The van der Waals surface area contributed by atoms with Crippen LogP contribution >= 0.6 is 0 Å². The molecule has 1 fully saturated rings. The summed E-state index contributed by atoms with van der Waals surface area (Å²) >= 11 is 0. The van der Waals surface area contributed by atoms with Crippen LogP contribution in [0.1, 0.15) is 30.9 Å². The zero-order chi connectivity index (χ0) is 20.1. The summed E-state index contributed by atoms with van der Waals surface area (Å²) in [7, 11) is 3.24. The van der Waals surface area contributed by atoms with Crippen LogP contribution in [-0.2, 0) is 27.3 Å². The van der Waals surface area contributed by atoms with Crippen LogP contribution in [0.25, 0.3) is 0 Å². The van der Waals surface area contributed by atoms with Crippen molar-refractivity contribution in [2.24, 2.45) is 5.92 Å². The molecule has 1 amide bonds. The van der Waals surface area contributed by atoms with E-state index in [4.69, 9.17) is 14.2 Å². The minimum Gasteiger partial charge on any atom is -0.493 e. The predicted octanol–water partition coefficient (Wildman–Crippen LogP) is 1.86. The second-order valence-electron chi connectivity index (χ2n) is 7.46. The maximum atomic E-state index is 12.9. The summed E-state index contributed by atoms with van der Waals surface area (Å²) in [5.41, 5.74) is 2.26. The maximum Gasteiger partial charge on any atom is 0.320 e. The molecule has 0 unspecified atom stereocenters. The number of carbonyl (C=O) groups excluding carboxylic acids is 2. The van der Waals surface area contributed by atoms with Gasteiger partial charge in [-0.15, -0.1) is 0 Å². The summed E-state index contributed by atoms with van der Waals surface area (Å²) < 4.78 is 15.8. The molecule has 1 aliphatic heterocycles. The van der Waals surface area contributed by atoms with Crippen LogP contribution in [-0.4, -0.2) is 68.7 Å². The third-order valence-corrected chi connectivity index (χ3v) is 5.30. The highest BCUT2D eigenvalue weighted by Crippen LogP contribution is 2.33. The number of fused-ring (bicyclic) bond motifs is 1. The predicted molar refractivity (Wildman–Crippen MR) is 104 cm³/mol. The van der Waals surface area contributed by atoms with E-state index in [9.17, 15) is 9.59 Å². The van der Waals surface area contributed by atoms with Crippen molar-refractivity contribution in [1.29, 1.82) is 0 Å². The van der Waals surface area contributed by atoms with Gasteiger partial charge in [-0.05, 0) is 55.4 Å². The van der Waals surface area contributed by atoms with E-state index in [1.807, 2.05) is 21.9 Å². The Balaban J connectivity index is 1.64. The third-order valence-electron chi connectivity index (χ3n) is 5.30. The van der Waals surface area contributed by atoms with E-state index in [1.165, 1.54) is 18.4 Å². The number of hydrogen-bond donors (Lipinski definition) is 0. The molecule has 0 N–H and O–H groups in total. The number of hydrogen-bond acceptors (Lipinski definition) is 6. The Labute approximate surface area is 166 Å². The van der Waals surface area contributed by atoms with Crippen LogP contribution in [0.5, 0.6) is 11.5 Å². The number of esters is 1. The van der Waals surface area contributed by atoms with Gasteiger partial charge in [0.1, 0.15) is 0 Å². The highest BCUT2D eigenvalue weighted by Gasteiger charge is 2.29. The molecule has 0 radical (unpaired) electrons. The lowest BCUT2D eigenvalue weighted by molar-refractivity contribution is -0.145. The molecular weight excluding hydrogens is 360 g/mol. The van der Waals surface area contributed by atoms with Crippen molar-refractivity contribution in [3.05, 3.63) is 23.3 Å². The van der Waals surface area contributed by atoms with Crippen LogP contribution in [0, 0.1) is 5.92 Å².